The zero-order chi connectivity index (χ0) is 35.5. The Morgan fingerprint density at radius 2 is 1.60 bits per heavy atom. The van der Waals surface area contributed by atoms with Crippen LogP contribution in [0.1, 0.15) is 76.1 Å². The number of benzene rings is 3. The average Bonchev–Trinajstić information content (AvgIpc) is 2.93. The number of amides is 1. The second-order valence-electron chi connectivity index (χ2n) is 14.2. The van der Waals surface area contributed by atoms with E-state index in [0.29, 0.717) is 17.5 Å². The van der Waals surface area contributed by atoms with E-state index < -0.39 is 64.2 Å². The molecule has 3 aromatic carbocycles. The summed E-state index contributed by atoms with van der Waals surface area (Å²) in [4.78, 5) is 26.4. The molecule has 0 heterocycles. The Hall–Kier alpha value is -3.25. The van der Waals surface area contributed by atoms with Gasteiger partial charge < -0.3 is 19.2 Å². The number of carboxylic acid groups (broad SMARTS) is 1. The molecule has 8 nitrogen and oxygen atoms in total. The van der Waals surface area contributed by atoms with Gasteiger partial charge in [-0.1, -0.05) is 56.6 Å². The molecule has 1 amide bonds. The van der Waals surface area contributed by atoms with Gasteiger partial charge in [0.15, 0.2) is 8.32 Å². The second kappa shape index (κ2) is 14.5. The smallest absolute Gasteiger partial charge is 0.410 e. The highest BCUT2D eigenvalue weighted by molar-refractivity contribution is 7.91. The minimum atomic E-state index is -4.26. The molecule has 3 aromatic rings. The van der Waals surface area contributed by atoms with E-state index in [-0.39, 0.29) is 16.5 Å². The van der Waals surface area contributed by atoms with E-state index >= 15 is 0 Å². The molecule has 0 aliphatic heterocycles. The number of nitrogens with zero attached hydrogens (tertiary/aromatic N) is 1. The van der Waals surface area contributed by atoms with Crippen molar-refractivity contribution in [3.8, 4) is 0 Å². The summed E-state index contributed by atoms with van der Waals surface area (Å²) in [5, 5.41) is 9.92. The van der Waals surface area contributed by atoms with Gasteiger partial charge in [-0.25, -0.2) is 22.4 Å². The first-order chi connectivity index (χ1) is 21.5. The number of aromatic carboxylic acids is 1. The van der Waals surface area contributed by atoms with E-state index in [1.165, 1.54) is 12.1 Å². The summed E-state index contributed by atoms with van der Waals surface area (Å²) < 4.78 is 53.1. The highest BCUT2D eigenvalue weighted by Crippen LogP contribution is 2.40. The minimum absolute atomic E-state index is 0.104. The molecule has 0 spiro atoms. The van der Waals surface area contributed by atoms with Crippen LogP contribution < -0.4 is 0 Å². The average molecular weight is 706 g/mol. The van der Waals surface area contributed by atoms with E-state index in [4.69, 9.17) is 20.8 Å². The summed E-state index contributed by atoms with van der Waals surface area (Å²) in [7, 11) is -6.59. The van der Waals surface area contributed by atoms with Crippen molar-refractivity contribution in [2.45, 2.75) is 101 Å². The van der Waals surface area contributed by atoms with Crippen molar-refractivity contribution >= 4 is 41.8 Å². The van der Waals surface area contributed by atoms with Gasteiger partial charge >= 0.3 is 12.1 Å². The number of ether oxygens (including phenoxy) is 1. The number of hydrogen-bond donors (Lipinski definition) is 1. The predicted molar refractivity (Wildman–Crippen MR) is 184 cm³/mol. The van der Waals surface area contributed by atoms with Crippen LogP contribution in [0.4, 0.5) is 9.18 Å². The van der Waals surface area contributed by atoms with E-state index in [9.17, 15) is 27.5 Å². The molecule has 0 saturated carbocycles. The van der Waals surface area contributed by atoms with Crippen molar-refractivity contribution in [1.29, 1.82) is 0 Å². The molecule has 12 heteroatoms. The first kappa shape index (κ1) is 38.2. The third kappa shape index (κ3) is 9.88. The molecule has 1 N–H and O–H groups in total. The molecular formula is C35H45ClFNO7SSi. The molecule has 0 aromatic heterocycles. The van der Waals surface area contributed by atoms with Gasteiger partial charge in [-0.15, -0.1) is 0 Å². The van der Waals surface area contributed by atoms with Crippen molar-refractivity contribution in [3.05, 3.63) is 94.3 Å². The maximum atomic E-state index is 13.7. The van der Waals surface area contributed by atoms with Crippen molar-refractivity contribution in [3.63, 3.8) is 0 Å². The minimum Gasteiger partial charge on any atom is -0.478 e. The standard InChI is InChI=1S/C35H45ClFNO7SSi/c1-23(19-24-13-16-28(17-14-24)46(42,43)31-18-15-27(37)21-29(31)32(39)40)38(33(41)44-34(2,3)4)22-30(25-11-10-12-26(36)20-25)45-47(8,9)35(5,6)7/h10-18,20-21,23,30H,19,22H2,1-9H3,(H,39,40)/t23-,30+/m1/s1. The molecule has 0 unspecified atom stereocenters. The van der Waals surface area contributed by atoms with Gasteiger partial charge in [-0.2, -0.15) is 0 Å². The molecule has 3 rings (SSSR count). The van der Waals surface area contributed by atoms with E-state index in [0.717, 1.165) is 23.3 Å². The number of carbonyl (C=O) groups excluding carboxylic acids is 1. The van der Waals surface area contributed by atoms with Crippen LogP contribution in [0, 0.1) is 5.82 Å². The molecule has 0 aliphatic rings. The summed E-state index contributed by atoms with van der Waals surface area (Å²) in [6.07, 6.45) is -0.678. The highest BCUT2D eigenvalue weighted by atomic mass is 35.5. The third-order valence-corrected chi connectivity index (χ3v) is 14.8. The van der Waals surface area contributed by atoms with Crippen LogP contribution in [-0.4, -0.2) is 57.0 Å². The van der Waals surface area contributed by atoms with Gasteiger partial charge in [0, 0.05) is 11.1 Å². The van der Waals surface area contributed by atoms with Crippen LogP contribution in [0.5, 0.6) is 0 Å². The maximum Gasteiger partial charge on any atom is 0.410 e. The molecule has 2 atom stereocenters. The summed E-state index contributed by atoms with van der Waals surface area (Å²) in [6.45, 7) is 18.2. The summed E-state index contributed by atoms with van der Waals surface area (Å²) in [5.74, 6) is -2.41. The van der Waals surface area contributed by atoms with Crippen LogP contribution in [0.2, 0.25) is 23.2 Å². The van der Waals surface area contributed by atoms with Gasteiger partial charge in [-0.05, 0) is 106 Å². The Kier molecular flexibility index (Phi) is 11.8. The number of hydrogen-bond acceptors (Lipinski definition) is 6. The van der Waals surface area contributed by atoms with Gasteiger partial charge in [0.05, 0.1) is 28.0 Å². The van der Waals surface area contributed by atoms with Crippen LogP contribution in [0.3, 0.4) is 0 Å². The Morgan fingerprint density at radius 3 is 2.13 bits per heavy atom. The maximum absolute atomic E-state index is 13.7. The quantitative estimate of drug-likeness (QED) is 0.157. The lowest BCUT2D eigenvalue weighted by atomic mass is 10.0. The number of carbonyl (C=O) groups is 2. The third-order valence-electron chi connectivity index (χ3n) is 8.21. The molecule has 0 fully saturated rings. The highest BCUT2D eigenvalue weighted by Gasteiger charge is 2.41. The van der Waals surface area contributed by atoms with Crippen LogP contribution in [-0.2, 0) is 25.4 Å². The largest absolute Gasteiger partial charge is 0.478 e. The van der Waals surface area contributed by atoms with Gasteiger partial charge in [-0.3, -0.25) is 0 Å². The Balaban J connectivity index is 1.97. The molecular weight excluding hydrogens is 661 g/mol. The van der Waals surface area contributed by atoms with Gasteiger partial charge in [0.25, 0.3) is 0 Å². The van der Waals surface area contributed by atoms with Crippen molar-refractivity contribution in [2.75, 3.05) is 6.54 Å². The van der Waals surface area contributed by atoms with Crippen molar-refractivity contribution in [1.82, 2.24) is 4.90 Å². The lowest BCUT2D eigenvalue weighted by molar-refractivity contribution is 0.00678. The molecule has 47 heavy (non-hydrogen) atoms. The number of rotatable bonds is 11. The SMILES string of the molecule is C[C@H](Cc1ccc(S(=O)(=O)c2ccc(F)cc2C(=O)O)cc1)N(C[C@H](O[Si](C)(C)C(C)(C)C)c1cccc(Cl)c1)C(=O)OC(C)(C)C. The molecule has 0 saturated heterocycles. The fourth-order valence-corrected chi connectivity index (χ4v) is 7.58. The zero-order valence-electron chi connectivity index (χ0n) is 28.4. The zero-order valence-corrected chi connectivity index (χ0v) is 31.0. The molecule has 0 aliphatic carbocycles. The van der Waals surface area contributed by atoms with Crippen LogP contribution in [0.25, 0.3) is 0 Å². The topological polar surface area (TPSA) is 110 Å². The number of halogens is 2. The Bertz CT molecular complexity index is 1700. The lowest BCUT2D eigenvalue weighted by Gasteiger charge is -2.41. The molecule has 256 valence electrons. The summed E-state index contributed by atoms with van der Waals surface area (Å²) >= 11 is 6.38. The van der Waals surface area contributed by atoms with Crippen molar-refractivity contribution in [2.24, 2.45) is 0 Å². The van der Waals surface area contributed by atoms with Crippen LogP contribution >= 0.6 is 11.6 Å². The first-order valence-corrected chi connectivity index (χ1v) is 20.1. The predicted octanol–water partition coefficient (Wildman–Crippen LogP) is 8.94. The summed E-state index contributed by atoms with van der Waals surface area (Å²) in [6, 6.07) is 15.5. The van der Waals surface area contributed by atoms with Gasteiger partial charge in [0.2, 0.25) is 9.84 Å². The Morgan fingerprint density at radius 1 is 0.979 bits per heavy atom. The van der Waals surface area contributed by atoms with Crippen LogP contribution in [0.15, 0.2) is 76.5 Å². The fourth-order valence-electron chi connectivity index (χ4n) is 4.67. The fraction of sp³-hybridized carbons (Fsp3) is 0.429. The first-order valence-electron chi connectivity index (χ1n) is 15.3. The lowest BCUT2D eigenvalue weighted by Crippen LogP contribution is -2.48. The second-order valence-corrected chi connectivity index (χ2v) is 21.3. The number of carboxylic acids is 1. The number of sulfone groups is 1. The molecule has 0 radical (unpaired) electrons. The Labute approximate surface area is 283 Å². The molecule has 0 bridgehead atoms. The normalized spacial score (nSPS) is 13.9. The van der Waals surface area contributed by atoms with E-state index in [2.05, 4.69) is 33.9 Å². The van der Waals surface area contributed by atoms with E-state index in [1.807, 2.05) is 25.1 Å². The monoisotopic (exact) mass is 705 g/mol. The van der Waals surface area contributed by atoms with Crippen molar-refractivity contribution < 1.29 is 36.7 Å². The summed E-state index contributed by atoms with van der Waals surface area (Å²) in [5.41, 5.74) is 0.155. The van der Waals surface area contributed by atoms with Gasteiger partial charge in [0.1, 0.15) is 11.4 Å². The van der Waals surface area contributed by atoms with E-state index in [1.54, 1.807) is 43.9 Å².